The first-order valence-electron chi connectivity index (χ1n) is 5.21. The van der Waals surface area contributed by atoms with Crippen LogP contribution in [0.3, 0.4) is 0 Å². The monoisotopic (exact) mass is 259 g/mol. The normalized spacial score (nSPS) is 26.5. The van der Waals surface area contributed by atoms with Crippen LogP contribution in [0.2, 0.25) is 0 Å². The van der Waals surface area contributed by atoms with E-state index in [0.717, 1.165) is 11.0 Å². The van der Waals surface area contributed by atoms with E-state index in [1.807, 2.05) is 23.5 Å². The number of nitrogens with one attached hydrogen (secondary N) is 1. The van der Waals surface area contributed by atoms with Gasteiger partial charge in [0.2, 0.25) is 5.13 Å². The largest absolute Gasteiger partial charge is 0.358 e. The Hall–Kier alpha value is 0.0600. The van der Waals surface area contributed by atoms with Crippen molar-refractivity contribution in [2.24, 2.45) is 0 Å². The molecule has 0 bridgehead atoms. The van der Waals surface area contributed by atoms with Gasteiger partial charge in [0.25, 0.3) is 0 Å². The number of nitrogens with zero attached hydrogens (tertiary/aromatic N) is 2. The van der Waals surface area contributed by atoms with Crippen LogP contribution in [-0.4, -0.2) is 32.7 Å². The lowest BCUT2D eigenvalue weighted by Crippen LogP contribution is -2.08. The van der Waals surface area contributed by atoms with Crippen LogP contribution in [0.4, 0.5) is 5.13 Å². The Morgan fingerprint density at radius 1 is 1.27 bits per heavy atom. The maximum atomic E-state index is 4.58. The molecule has 0 radical (unpaired) electrons. The molecule has 0 aromatic carbocycles. The van der Waals surface area contributed by atoms with Gasteiger partial charge in [-0.15, -0.1) is 11.8 Å². The molecule has 1 aliphatic carbocycles. The van der Waals surface area contributed by atoms with E-state index in [0.29, 0.717) is 11.3 Å². The molecule has 2 aliphatic rings. The fourth-order valence-corrected chi connectivity index (χ4v) is 4.83. The SMILES string of the molecule is C1CSC(c2nsc(NC3CC3)n2)CS1. The average molecular weight is 259 g/mol. The summed E-state index contributed by atoms with van der Waals surface area (Å²) < 4.78 is 4.45. The van der Waals surface area contributed by atoms with Gasteiger partial charge in [0.1, 0.15) is 0 Å². The summed E-state index contributed by atoms with van der Waals surface area (Å²) in [4.78, 5) is 4.58. The number of aromatic nitrogens is 2. The maximum absolute atomic E-state index is 4.58. The predicted octanol–water partition coefficient (Wildman–Crippen LogP) is 2.63. The summed E-state index contributed by atoms with van der Waals surface area (Å²) in [6.07, 6.45) is 2.59. The minimum Gasteiger partial charge on any atom is -0.358 e. The molecule has 2 heterocycles. The zero-order valence-corrected chi connectivity index (χ0v) is 10.8. The van der Waals surface area contributed by atoms with Crippen LogP contribution in [0.5, 0.6) is 0 Å². The Kier molecular flexibility index (Phi) is 3.08. The predicted molar refractivity (Wildman–Crippen MR) is 69.1 cm³/mol. The average Bonchev–Trinajstić information content (AvgIpc) is 2.96. The first kappa shape index (κ1) is 10.2. The summed E-state index contributed by atoms with van der Waals surface area (Å²) in [6, 6.07) is 0.680. The molecule has 3 rings (SSSR count). The van der Waals surface area contributed by atoms with E-state index in [1.165, 1.54) is 41.6 Å². The first-order chi connectivity index (χ1) is 7.42. The third kappa shape index (κ3) is 2.60. The second-order valence-corrected chi connectivity index (χ2v) is 7.02. The number of anilines is 1. The summed E-state index contributed by atoms with van der Waals surface area (Å²) in [7, 11) is 0. The standard InChI is InChI=1S/C9H13N3S3/c1-2-6(1)10-9-11-8(12-15-9)7-5-13-3-4-14-7/h6-7H,1-5H2,(H,10,11,12). The zero-order valence-electron chi connectivity index (χ0n) is 8.31. The lowest BCUT2D eigenvalue weighted by Gasteiger charge is -2.17. The van der Waals surface area contributed by atoms with Crippen molar-refractivity contribution in [3.05, 3.63) is 5.82 Å². The Morgan fingerprint density at radius 2 is 2.20 bits per heavy atom. The molecule has 3 nitrogen and oxygen atoms in total. The van der Waals surface area contributed by atoms with Crippen molar-refractivity contribution in [1.82, 2.24) is 9.36 Å². The lowest BCUT2D eigenvalue weighted by atomic mass is 10.4. The molecule has 82 valence electrons. The second kappa shape index (κ2) is 4.51. The van der Waals surface area contributed by atoms with Crippen molar-refractivity contribution in [2.45, 2.75) is 24.1 Å². The van der Waals surface area contributed by atoms with Crippen molar-refractivity contribution in [3.63, 3.8) is 0 Å². The van der Waals surface area contributed by atoms with Crippen LogP contribution in [0.15, 0.2) is 0 Å². The number of rotatable bonds is 3. The van der Waals surface area contributed by atoms with Crippen LogP contribution < -0.4 is 5.32 Å². The molecule has 1 atom stereocenters. The van der Waals surface area contributed by atoms with Gasteiger partial charge in [-0.05, 0) is 12.8 Å². The summed E-state index contributed by atoms with van der Waals surface area (Å²) >= 11 is 5.53. The molecule has 1 N–H and O–H groups in total. The molecule has 0 amide bonds. The Balaban J connectivity index is 1.65. The van der Waals surface area contributed by atoms with Crippen molar-refractivity contribution >= 4 is 40.2 Å². The highest BCUT2D eigenvalue weighted by atomic mass is 32.2. The van der Waals surface area contributed by atoms with Crippen molar-refractivity contribution in [3.8, 4) is 0 Å². The molecule has 6 heteroatoms. The summed E-state index contributed by atoms with van der Waals surface area (Å²) in [5.74, 6) is 4.73. The molecular weight excluding hydrogens is 246 g/mol. The van der Waals surface area contributed by atoms with Crippen LogP contribution in [0.25, 0.3) is 0 Å². The van der Waals surface area contributed by atoms with E-state index >= 15 is 0 Å². The van der Waals surface area contributed by atoms with Crippen molar-refractivity contribution in [1.29, 1.82) is 0 Å². The molecule has 1 aromatic heterocycles. The zero-order chi connectivity index (χ0) is 10.1. The Labute approximate surface area is 102 Å². The van der Waals surface area contributed by atoms with Crippen LogP contribution in [0, 0.1) is 0 Å². The highest BCUT2D eigenvalue weighted by Gasteiger charge is 2.24. The van der Waals surface area contributed by atoms with E-state index in [2.05, 4.69) is 14.7 Å². The van der Waals surface area contributed by atoms with Crippen LogP contribution in [0.1, 0.15) is 23.9 Å². The van der Waals surface area contributed by atoms with E-state index in [-0.39, 0.29) is 0 Å². The topological polar surface area (TPSA) is 37.8 Å². The van der Waals surface area contributed by atoms with Gasteiger partial charge >= 0.3 is 0 Å². The number of hydrogen-bond donors (Lipinski definition) is 1. The molecular formula is C9H13N3S3. The van der Waals surface area contributed by atoms with Crippen molar-refractivity contribution < 1.29 is 0 Å². The van der Waals surface area contributed by atoms with Gasteiger partial charge in [0.05, 0.1) is 5.25 Å². The summed E-state index contributed by atoms with van der Waals surface area (Å²) in [6.45, 7) is 0. The van der Waals surface area contributed by atoms with Gasteiger partial charge in [0.15, 0.2) is 5.82 Å². The molecule has 1 saturated carbocycles. The van der Waals surface area contributed by atoms with Gasteiger partial charge < -0.3 is 5.32 Å². The molecule has 15 heavy (non-hydrogen) atoms. The second-order valence-electron chi connectivity index (χ2n) is 3.81. The van der Waals surface area contributed by atoms with E-state index in [1.54, 1.807) is 0 Å². The van der Waals surface area contributed by atoms with Gasteiger partial charge in [-0.25, -0.2) is 4.98 Å². The molecule has 1 unspecified atom stereocenters. The highest BCUT2D eigenvalue weighted by molar-refractivity contribution is 8.06. The lowest BCUT2D eigenvalue weighted by molar-refractivity contribution is 0.972. The quantitative estimate of drug-likeness (QED) is 0.903. The van der Waals surface area contributed by atoms with Gasteiger partial charge in [-0.2, -0.15) is 16.1 Å². The van der Waals surface area contributed by atoms with Gasteiger partial charge in [-0.1, -0.05) is 0 Å². The van der Waals surface area contributed by atoms with Gasteiger partial charge in [0, 0.05) is 34.8 Å². The summed E-state index contributed by atoms with van der Waals surface area (Å²) in [5, 5.41) is 4.94. The fourth-order valence-electron chi connectivity index (χ4n) is 1.46. The fraction of sp³-hybridized carbons (Fsp3) is 0.778. The van der Waals surface area contributed by atoms with E-state index in [9.17, 15) is 0 Å². The number of hydrogen-bond acceptors (Lipinski definition) is 6. The van der Waals surface area contributed by atoms with E-state index < -0.39 is 0 Å². The Morgan fingerprint density at radius 3 is 2.93 bits per heavy atom. The summed E-state index contributed by atoms with van der Waals surface area (Å²) in [5.41, 5.74) is 0. The first-order valence-corrected chi connectivity index (χ1v) is 8.19. The molecule has 1 saturated heterocycles. The maximum Gasteiger partial charge on any atom is 0.202 e. The van der Waals surface area contributed by atoms with Gasteiger partial charge in [-0.3, -0.25) is 0 Å². The smallest absolute Gasteiger partial charge is 0.202 e. The van der Waals surface area contributed by atoms with Crippen LogP contribution in [-0.2, 0) is 0 Å². The molecule has 0 spiro atoms. The number of thioether (sulfide) groups is 2. The molecule has 1 aromatic rings. The Bertz CT molecular complexity index is 331. The minimum absolute atomic E-state index is 0.523. The highest BCUT2D eigenvalue weighted by Crippen LogP contribution is 2.36. The molecule has 1 aliphatic heterocycles. The molecule has 2 fully saturated rings. The third-order valence-corrected chi connectivity index (χ3v) is 5.86. The van der Waals surface area contributed by atoms with Crippen molar-refractivity contribution in [2.75, 3.05) is 22.6 Å². The van der Waals surface area contributed by atoms with Crippen LogP contribution >= 0.6 is 35.1 Å². The minimum atomic E-state index is 0.523. The van der Waals surface area contributed by atoms with E-state index in [4.69, 9.17) is 0 Å². The third-order valence-electron chi connectivity index (χ3n) is 2.45.